The van der Waals surface area contributed by atoms with Crippen molar-refractivity contribution in [1.82, 2.24) is 19.6 Å². The van der Waals surface area contributed by atoms with Gasteiger partial charge in [0.15, 0.2) is 0 Å². The number of likely N-dealkylation sites (N-methyl/N-ethyl adjacent to an activating group) is 1. The number of nitrogens with zero attached hydrogens (tertiary/aromatic N) is 4. The molecule has 1 aliphatic rings. The maximum Gasteiger partial charge on any atom is 0.225 e. The molecule has 1 atom stereocenters. The molecule has 0 aliphatic carbocycles. The van der Waals surface area contributed by atoms with Gasteiger partial charge in [0.05, 0.1) is 31.3 Å². The monoisotopic (exact) mass is 266 g/mol. The van der Waals surface area contributed by atoms with Crippen LogP contribution in [0, 0.1) is 0 Å². The van der Waals surface area contributed by atoms with Crippen LogP contribution in [0.2, 0.25) is 0 Å². The fourth-order valence-electron chi connectivity index (χ4n) is 2.48. The maximum atomic E-state index is 12.1. The van der Waals surface area contributed by atoms with E-state index in [1.807, 2.05) is 29.7 Å². The number of ether oxygens (including phenoxy) is 1. The number of methoxy groups -OCH3 is 1. The molecule has 0 bridgehead atoms. The number of amides is 1. The van der Waals surface area contributed by atoms with E-state index in [9.17, 15) is 4.79 Å². The molecule has 106 valence electrons. The van der Waals surface area contributed by atoms with Gasteiger partial charge in [-0.25, -0.2) is 0 Å². The summed E-state index contributed by atoms with van der Waals surface area (Å²) in [7, 11) is 5.69. The van der Waals surface area contributed by atoms with Gasteiger partial charge < -0.3 is 14.5 Å². The van der Waals surface area contributed by atoms with E-state index in [4.69, 9.17) is 4.74 Å². The molecule has 1 amide bonds. The van der Waals surface area contributed by atoms with Crippen LogP contribution in [-0.2, 0) is 16.1 Å². The SMILES string of the molecule is COCCC(=O)N1Cc2ccnn2[C@@H](CN(C)C)C1. The van der Waals surface area contributed by atoms with E-state index in [1.54, 1.807) is 13.3 Å². The normalized spacial score (nSPS) is 18.7. The Morgan fingerprint density at radius 1 is 1.58 bits per heavy atom. The van der Waals surface area contributed by atoms with Crippen LogP contribution in [0.15, 0.2) is 12.3 Å². The zero-order valence-corrected chi connectivity index (χ0v) is 11.9. The topological polar surface area (TPSA) is 50.6 Å². The van der Waals surface area contributed by atoms with E-state index in [1.165, 1.54) is 0 Å². The largest absolute Gasteiger partial charge is 0.384 e. The van der Waals surface area contributed by atoms with Gasteiger partial charge in [0, 0.05) is 26.4 Å². The predicted molar refractivity (Wildman–Crippen MR) is 71.7 cm³/mol. The van der Waals surface area contributed by atoms with Crippen molar-refractivity contribution in [2.75, 3.05) is 40.9 Å². The first kappa shape index (κ1) is 14.0. The van der Waals surface area contributed by atoms with Gasteiger partial charge in [-0.15, -0.1) is 0 Å². The number of fused-ring (bicyclic) bond motifs is 1. The molecule has 0 N–H and O–H groups in total. The third-order valence-electron chi connectivity index (χ3n) is 3.33. The molecule has 1 aliphatic heterocycles. The summed E-state index contributed by atoms with van der Waals surface area (Å²) in [5.41, 5.74) is 1.10. The van der Waals surface area contributed by atoms with Gasteiger partial charge in [-0.05, 0) is 20.2 Å². The number of aromatic nitrogens is 2. The molecule has 6 nitrogen and oxygen atoms in total. The molecule has 2 heterocycles. The molecule has 0 fully saturated rings. The fraction of sp³-hybridized carbons (Fsp3) is 0.692. The smallest absolute Gasteiger partial charge is 0.225 e. The highest BCUT2D eigenvalue weighted by Crippen LogP contribution is 2.21. The van der Waals surface area contributed by atoms with Gasteiger partial charge in [0.2, 0.25) is 5.91 Å². The van der Waals surface area contributed by atoms with Crippen molar-refractivity contribution in [3.63, 3.8) is 0 Å². The summed E-state index contributed by atoms with van der Waals surface area (Å²) < 4.78 is 7.02. The fourth-order valence-corrected chi connectivity index (χ4v) is 2.48. The molecule has 0 saturated carbocycles. The third-order valence-corrected chi connectivity index (χ3v) is 3.33. The van der Waals surface area contributed by atoms with Gasteiger partial charge in [0.25, 0.3) is 0 Å². The molecule has 1 aromatic rings. The van der Waals surface area contributed by atoms with Crippen molar-refractivity contribution in [2.45, 2.75) is 19.0 Å². The van der Waals surface area contributed by atoms with E-state index < -0.39 is 0 Å². The average molecular weight is 266 g/mol. The molecular formula is C13H22N4O2. The van der Waals surface area contributed by atoms with Crippen LogP contribution in [0.3, 0.4) is 0 Å². The summed E-state index contributed by atoms with van der Waals surface area (Å²) in [6.45, 7) is 2.72. The predicted octanol–water partition coefficient (Wildman–Crippen LogP) is 0.365. The Hall–Kier alpha value is -1.40. The lowest BCUT2D eigenvalue weighted by Gasteiger charge is -2.35. The standard InChI is InChI=1S/C13H22N4O2/c1-15(2)8-12-10-16(13(18)5-7-19-3)9-11-4-6-14-17(11)12/h4,6,12H,5,7-10H2,1-3H3/t12-/m0/s1. The number of carbonyl (C=O) groups is 1. The minimum atomic E-state index is 0.151. The Bertz CT molecular complexity index is 430. The van der Waals surface area contributed by atoms with E-state index in [2.05, 4.69) is 10.00 Å². The lowest BCUT2D eigenvalue weighted by atomic mass is 10.1. The van der Waals surface area contributed by atoms with Crippen molar-refractivity contribution in [3.8, 4) is 0 Å². The van der Waals surface area contributed by atoms with Crippen LogP contribution in [0.5, 0.6) is 0 Å². The number of rotatable bonds is 5. The van der Waals surface area contributed by atoms with Crippen molar-refractivity contribution >= 4 is 5.91 Å². The summed E-state index contributed by atoms with van der Waals surface area (Å²) in [5, 5.41) is 4.37. The van der Waals surface area contributed by atoms with Gasteiger partial charge in [-0.3, -0.25) is 9.48 Å². The van der Waals surface area contributed by atoms with Gasteiger partial charge >= 0.3 is 0 Å². The Morgan fingerprint density at radius 2 is 2.37 bits per heavy atom. The molecule has 6 heteroatoms. The molecule has 0 spiro atoms. The number of carbonyl (C=O) groups excluding carboxylic acids is 1. The van der Waals surface area contributed by atoms with Gasteiger partial charge in [-0.1, -0.05) is 0 Å². The summed E-state index contributed by atoms with van der Waals surface area (Å²) in [6, 6.07) is 2.21. The van der Waals surface area contributed by atoms with Crippen LogP contribution >= 0.6 is 0 Å². The summed E-state index contributed by atoms with van der Waals surface area (Å²) in [4.78, 5) is 16.2. The van der Waals surface area contributed by atoms with E-state index >= 15 is 0 Å². The first-order chi connectivity index (χ1) is 9.11. The zero-order valence-electron chi connectivity index (χ0n) is 11.9. The average Bonchev–Trinajstić information content (AvgIpc) is 2.83. The minimum Gasteiger partial charge on any atom is -0.384 e. The molecule has 2 rings (SSSR count). The molecule has 0 unspecified atom stereocenters. The molecule has 1 aromatic heterocycles. The Morgan fingerprint density at radius 3 is 3.05 bits per heavy atom. The Labute approximate surface area is 113 Å². The van der Waals surface area contributed by atoms with Crippen LogP contribution < -0.4 is 0 Å². The van der Waals surface area contributed by atoms with Crippen LogP contribution in [-0.4, -0.2) is 66.4 Å². The highest BCUT2D eigenvalue weighted by Gasteiger charge is 2.28. The Balaban J connectivity index is 2.08. The molecule has 0 radical (unpaired) electrons. The van der Waals surface area contributed by atoms with Gasteiger partial charge in [0.1, 0.15) is 0 Å². The molecule has 19 heavy (non-hydrogen) atoms. The highest BCUT2D eigenvalue weighted by atomic mass is 16.5. The second-order valence-corrected chi connectivity index (χ2v) is 5.20. The van der Waals surface area contributed by atoms with Crippen LogP contribution in [0.1, 0.15) is 18.2 Å². The first-order valence-corrected chi connectivity index (χ1v) is 6.55. The molecular weight excluding hydrogens is 244 g/mol. The highest BCUT2D eigenvalue weighted by molar-refractivity contribution is 5.76. The van der Waals surface area contributed by atoms with Crippen molar-refractivity contribution < 1.29 is 9.53 Å². The lowest BCUT2D eigenvalue weighted by molar-refractivity contribution is -0.134. The van der Waals surface area contributed by atoms with E-state index in [0.717, 1.165) is 18.8 Å². The summed E-state index contributed by atoms with van der Waals surface area (Å²) >= 11 is 0. The lowest BCUT2D eigenvalue weighted by Crippen LogP contribution is -2.44. The quantitative estimate of drug-likeness (QED) is 0.772. The minimum absolute atomic E-state index is 0.151. The molecule has 0 saturated heterocycles. The number of hydrogen-bond acceptors (Lipinski definition) is 4. The first-order valence-electron chi connectivity index (χ1n) is 6.55. The molecule has 0 aromatic carbocycles. The van der Waals surface area contributed by atoms with Crippen molar-refractivity contribution in [3.05, 3.63) is 18.0 Å². The van der Waals surface area contributed by atoms with Gasteiger partial charge in [-0.2, -0.15) is 5.10 Å². The van der Waals surface area contributed by atoms with E-state index in [0.29, 0.717) is 19.6 Å². The second kappa shape index (κ2) is 6.16. The Kier molecular flexibility index (Phi) is 4.55. The van der Waals surface area contributed by atoms with Crippen LogP contribution in [0.25, 0.3) is 0 Å². The van der Waals surface area contributed by atoms with Crippen molar-refractivity contribution in [1.29, 1.82) is 0 Å². The third kappa shape index (κ3) is 3.33. The summed E-state index contributed by atoms with van der Waals surface area (Å²) in [5.74, 6) is 0.151. The maximum absolute atomic E-state index is 12.1. The van der Waals surface area contributed by atoms with E-state index in [-0.39, 0.29) is 11.9 Å². The van der Waals surface area contributed by atoms with Crippen LogP contribution in [0.4, 0.5) is 0 Å². The van der Waals surface area contributed by atoms with Crippen molar-refractivity contribution in [2.24, 2.45) is 0 Å². The second-order valence-electron chi connectivity index (χ2n) is 5.20. The number of hydrogen-bond donors (Lipinski definition) is 0. The summed E-state index contributed by atoms with van der Waals surface area (Å²) in [6.07, 6.45) is 2.25. The zero-order chi connectivity index (χ0) is 13.8.